The normalized spacial score (nSPS) is 14.1. The van der Waals surface area contributed by atoms with Crippen molar-refractivity contribution >= 4 is 16.9 Å². The molecule has 1 N–H and O–H groups in total. The molecule has 160 valence electrons. The van der Waals surface area contributed by atoms with Crippen LogP contribution in [0.25, 0.3) is 33.5 Å². The zero-order valence-electron chi connectivity index (χ0n) is 18.6. The summed E-state index contributed by atoms with van der Waals surface area (Å²) in [5.41, 5.74) is 8.26. The summed E-state index contributed by atoms with van der Waals surface area (Å²) in [6, 6.07) is 22.6. The van der Waals surface area contributed by atoms with Gasteiger partial charge >= 0.3 is 0 Å². The predicted molar refractivity (Wildman–Crippen MR) is 130 cm³/mol. The van der Waals surface area contributed by atoms with Crippen LogP contribution in [-0.4, -0.2) is 21.9 Å². The van der Waals surface area contributed by atoms with Crippen molar-refractivity contribution in [3.63, 3.8) is 0 Å². The number of aromatic nitrogens is 2. The minimum atomic E-state index is -0.0273. The average Bonchev–Trinajstić information content (AvgIpc) is 3.31. The monoisotopic (exact) mass is 421 g/mol. The molecular weight excluding hydrogens is 394 g/mol. The summed E-state index contributed by atoms with van der Waals surface area (Å²) in [6.07, 6.45) is 4.51. The molecule has 32 heavy (non-hydrogen) atoms. The van der Waals surface area contributed by atoms with Gasteiger partial charge in [-0.15, -0.1) is 0 Å². The molecule has 1 aliphatic rings. The Morgan fingerprint density at radius 3 is 1.97 bits per heavy atom. The van der Waals surface area contributed by atoms with Gasteiger partial charge in [0.1, 0.15) is 0 Å². The Balaban J connectivity index is 1.62. The van der Waals surface area contributed by atoms with E-state index in [1.807, 2.05) is 30.3 Å². The highest BCUT2D eigenvalue weighted by molar-refractivity contribution is 5.98. The number of hydrogen-bond donors (Lipinski definition) is 1. The first-order valence-electron chi connectivity index (χ1n) is 11.3. The number of rotatable bonds is 4. The molecule has 1 amide bonds. The van der Waals surface area contributed by atoms with Crippen LogP contribution in [0.2, 0.25) is 0 Å². The lowest BCUT2D eigenvalue weighted by Gasteiger charge is -2.14. The van der Waals surface area contributed by atoms with E-state index in [1.165, 1.54) is 24.0 Å². The molecule has 0 radical (unpaired) electrons. The minimum Gasteiger partial charge on any atom is -0.349 e. The van der Waals surface area contributed by atoms with Gasteiger partial charge < -0.3 is 5.32 Å². The van der Waals surface area contributed by atoms with Gasteiger partial charge in [-0.1, -0.05) is 60.4 Å². The van der Waals surface area contributed by atoms with Crippen molar-refractivity contribution in [2.24, 2.45) is 0 Å². The van der Waals surface area contributed by atoms with Crippen LogP contribution in [0.1, 0.15) is 47.2 Å². The van der Waals surface area contributed by atoms with Gasteiger partial charge in [-0.3, -0.25) is 4.79 Å². The van der Waals surface area contributed by atoms with E-state index in [0.29, 0.717) is 5.56 Å². The van der Waals surface area contributed by atoms with E-state index >= 15 is 0 Å². The smallest absolute Gasteiger partial charge is 0.251 e. The van der Waals surface area contributed by atoms with Gasteiger partial charge in [-0.2, -0.15) is 0 Å². The number of aryl methyl sites for hydroxylation is 2. The summed E-state index contributed by atoms with van der Waals surface area (Å²) in [5, 5.41) is 3.17. The zero-order valence-corrected chi connectivity index (χ0v) is 18.6. The van der Waals surface area contributed by atoms with Gasteiger partial charge in [-0.25, -0.2) is 9.97 Å². The number of carbonyl (C=O) groups excluding carboxylic acids is 1. The number of carbonyl (C=O) groups is 1. The van der Waals surface area contributed by atoms with Crippen LogP contribution in [0.3, 0.4) is 0 Å². The fourth-order valence-electron chi connectivity index (χ4n) is 4.52. The molecular formula is C28H27N3O. The fraction of sp³-hybridized carbons (Fsp3) is 0.250. The third-order valence-corrected chi connectivity index (χ3v) is 6.20. The van der Waals surface area contributed by atoms with Crippen molar-refractivity contribution < 1.29 is 4.79 Å². The second-order valence-electron chi connectivity index (χ2n) is 8.82. The number of nitrogens with one attached hydrogen (secondary N) is 1. The topological polar surface area (TPSA) is 54.9 Å². The first-order valence-corrected chi connectivity index (χ1v) is 11.3. The lowest BCUT2D eigenvalue weighted by atomic mass is 10.0. The summed E-state index contributed by atoms with van der Waals surface area (Å²) < 4.78 is 0. The molecule has 0 bridgehead atoms. The van der Waals surface area contributed by atoms with Crippen molar-refractivity contribution in [2.45, 2.75) is 45.6 Å². The highest BCUT2D eigenvalue weighted by atomic mass is 16.1. The van der Waals surface area contributed by atoms with E-state index in [2.05, 4.69) is 55.6 Å². The molecule has 0 saturated heterocycles. The summed E-state index contributed by atoms with van der Waals surface area (Å²) in [4.78, 5) is 22.8. The van der Waals surface area contributed by atoms with E-state index in [1.54, 1.807) is 0 Å². The van der Waals surface area contributed by atoms with Crippen molar-refractivity contribution in [2.75, 3.05) is 0 Å². The molecule has 0 spiro atoms. The second kappa shape index (κ2) is 8.54. The Hall–Kier alpha value is -3.53. The van der Waals surface area contributed by atoms with Gasteiger partial charge in [0.15, 0.2) is 0 Å². The van der Waals surface area contributed by atoms with E-state index in [-0.39, 0.29) is 11.9 Å². The molecule has 1 saturated carbocycles. The first kappa shape index (κ1) is 20.4. The summed E-state index contributed by atoms with van der Waals surface area (Å²) in [5.74, 6) is -0.0273. The van der Waals surface area contributed by atoms with E-state index in [0.717, 1.165) is 46.4 Å². The molecule has 0 unspecified atom stereocenters. The predicted octanol–water partition coefficient (Wildman–Crippen LogP) is 6.25. The maximum atomic E-state index is 12.8. The molecule has 4 nitrogen and oxygen atoms in total. The standard InChI is InChI=1S/C28H27N3O/c1-18-7-5-9-20(15-18)26-27(21-10-6-8-19(2)16-21)31-25-17-22(13-14-24(25)30-26)28(32)29-23-11-3-4-12-23/h5-10,13-17,23H,3-4,11-12H2,1-2H3,(H,29,32). The Morgan fingerprint density at radius 2 is 1.38 bits per heavy atom. The third-order valence-electron chi connectivity index (χ3n) is 6.20. The molecule has 4 heteroatoms. The van der Waals surface area contributed by atoms with Crippen LogP contribution in [0.5, 0.6) is 0 Å². The lowest BCUT2D eigenvalue weighted by molar-refractivity contribution is 0.0938. The van der Waals surface area contributed by atoms with Gasteiger partial charge in [0.25, 0.3) is 5.91 Å². The number of amides is 1. The van der Waals surface area contributed by atoms with Crippen molar-refractivity contribution in [3.8, 4) is 22.5 Å². The van der Waals surface area contributed by atoms with Gasteiger partial charge in [0, 0.05) is 22.7 Å². The summed E-state index contributed by atoms with van der Waals surface area (Å²) in [6.45, 7) is 4.16. The number of nitrogens with zero attached hydrogens (tertiary/aromatic N) is 2. The summed E-state index contributed by atoms with van der Waals surface area (Å²) in [7, 11) is 0. The Morgan fingerprint density at radius 1 is 0.781 bits per heavy atom. The van der Waals surface area contributed by atoms with Crippen LogP contribution in [0.15, 0.2) is 66.7 Å². The van der Waals surface area contributed by atoms with Crippen LogP contribution < -0.4 is 5.32 Å². The maximum absolute atomic E-state index is 12.8. The van der Waals surface area contributed by atoms with Gasteiger partial charge in [-0.05, 0) is 57.0 Å². The molecule has 0 aliphatic heterocycles. The molecule has 3 aromatic carbocycles. The third kappa shape index (κ3) is 4.13. The highest BCUT2D eigenvalue weighted by Crippen LogP contribution is 2.32. The first-order chi connectivity index (χ1) is 15.6. The molecule has 1 aromatic heterocycles. The molecule has 1 aliphatic carbocycles. The molecule has 1 fully saturated rings. The van der Waals surface area contributed by atoms with E-state index in [9.17, 15) is 4.79 Å². The molecule has 1 heterocycles. The highest BCUT2D eigenvalue weighted by Gasteiger charge is 2.19. The fourth-order valence-corrected chi connectivity index (χ4v) is 4.52. The van der Waals surface area contributed by atoms with Gasteiger partial charge in [0.2, 0.25) is 0 Å². The summed E-state index contributed by atoms with van der Waals surface area (Å²) >= 11 is 0. The minimum absolute atomic E-state index is 0.0273. The second-order valence-corrected chi connectivity index (χ2v) is 8.82. The Labute approximate surface area is 188 Å². The number of fused-ring (bicyclic) bond motifs is 1. The number of benzene rings is 3. The average molecular weight is 422 g/mol. The van der Waals surface area contributed by atoms with Crippen molar-refractivity contribution in [1.29, 1.82) is 0 Å². The Bertz CT molecular complexity index is 1310. The maximum Gasteiger partial charge on any atom is 0.251 e. The number of hydrogen-bond acceptors (Lipinski definition) is 3. The van der Waals surface area contributed by atoms with Crippen LogP contribution in [-0.2, 0) is 0 Å². The van der Waals surface area contributed by atoms with Crippen LogP contribution in [0.4, 0.5) is 0 Å². The zero-order chi connectivity index (χ0) is 22.1. The largest absolute Gasteiger partial charge is 0.349 e. The molecule has 5 rings (SSSR count). The van der Waals surface area contributed by atoms with E-state index < -0.39 is 0 Å². The lowest BCUT2D eigenvalue weighted by Crippen LogP contribution is -2.32. The Kier molecular flexibility index (Phi) is 5.44. The molecule has 0 atom stereocenters. The van der Waals surface area contributed by atoms with Gasteiger partial charge in [0.05, 0.1) is 22.4 Å². The van der Waals surface area contributed by atoms with E-state index in [4.69, 9.17) is 9.97 Å². The van der Waals surface area contributed by atoms with Crippen molar-refractivity contribution in [3.05, 3.63) is 83.4 Å². The van der Waals surface area contributed by atoms with Crippen LogP contribution >= 0.6 is 0 Å². The molecule has 4 aromatic rings. The quantitative estimate of drug-likeness (QED) is 0.423. The SMILES string of the molecule is Cc1cccc(-c2nc3ccc(C(=O)NC4CCCC4)cc3nc2-c2cccc(C)c2)c1. The van der Waals surface area contributed by atoms with Crippen molar-refractivity contribution in [1.82, 2.24) is 15.3 Å². The van der Waals surface area contributed by atoms with Crippen LogP contribution in [0, 0.1) is 13.8 Å².